The maximum absolute atomic E-state index is 12.2. The number of nitrogens with zero attached hydrogens (tertiary/aromatic N) is 3. The zero-order valence-corrected chi connectivity index (χ0v) is 21.6. The Labute approximate surface area is 230 Å². The van der Waals surface area contributed by atoms with Crippen LogP contribution in [0.15, 0.2) is 36.4 Å². The third-order valence-corrected chi connectivity index (χ3v) is 7.02. The molecule has 6 rings (SSSR count). The van der Waals surface area contributed by atoms with Gasteiger partial charge in [-0.3, -0.25) is 44.7 Å². The standard InChI is InChI=1S/C26H20N6O9/c1-10(33)27-18-6-14-17(9-22(18)32(40)41)24-15-7-19(28-11(2)34)21(31(38)39)8-16(15)23(14)13-4-5-20(30(36)37)26(25(13)24)29-12(3)35/h4-9,23-24H,1-3H3,(H,27,33)(H,28,34)(H,29,35)/t23-,24-/m1/s1. The van der Waals surface area contributed by atoms with Crippen molar-refractivity contribution in [2.75, 3.05) is 16.0 Å². The Balaban J connectivity index is 1.91. The molecule has 3 N–H and O–H groups in total. The number of benzene rings is 3. The molecule has 0 spiro atoms. The van der Waals surface area contributed by atoms with Gasteiger partial charge in [-0.1, -0.05) is 6.07 Å². The van der Waals surface area contributed by atoms with Crippen LogP contribution >= 0.6 is 0 Å². The van der Waals surface area contributed by atoms with E-state index in [1.807, 2.05) is 0 Å². The molecule has 2 bridgehead atoms. The van der Waals surface area contributed by atoms with Gasteiger partial charge in [0.2, 0.25) is 17.7 Å². The van der Waals surface area contributed by atoms with Crippen molar-refractivity contribution in [2.45, 2.75) is 32.6 Å². The van der Waals surface area contributed by atoms with Crippen molar-refractivity contribution in [3.63, 3.8) is 0 Å². The predicted octanol–water partition coefficient (Wildman–Crippen LogP) is 4.27. The first-order valence-corrected chi connectivity index (χ1v) is 12.1. The van der Waals surface area contributed by atoms with E-state index in [0.717, 1.165) is 0 Å². The summed E-state index contributed by atoms with van der Waals surface area (Å²) >= 11 is 0. The second-order valence-electron chi connectivity index (χ2n) is 9.64. The summed E-state index contributed by atoms with van der Waals surface area (Å²) in [6.07, 6.45) is 0. The van der Waals surface area contributed by atoms with E-state index in [0.29, 0.717) is 33.4 Å². The van der Waals surface area contributed by atoms with Gasteiger partial charge in [-0.05, 0) is 45.5 Å². The van der Waals surface area contributed by atoms with Gasteiger partial charge >= 0.3 is 0 Å². The van der Waals surface area contributed by atoms with Crippen molar-refractivity contribution in [1.29, 1.82) is 0 Å². The highest BCUT2D eigenvalue weighted by atomic mass is 16.6. The number of nitro benzene ring substituents is 3. The van der Waals surface area contributed by atoms with E-state index in [1.165, 1.54) is 57.2 Å². The molecule has 41 heavy (non-hydrogen) atoms. The van der Waals surface area contributed by atoms with Gasteiger partial charge in [0.15, 0.2) is 0 Å². The monoisotopic (exact) mass is 560 g/mol. The van der Waals surface area contributed by atoms with Gasteiger partial charge in [0.25, 0.3) is 17.1 Å². The van der Waals surface area contributed by atoms with Gasteiger partial charge in [0, 0.05) is 50.8 Å². The maximum Gasteiger partial charge on any atom is 0.293 e. The van der Waals surface area contributed by atoms with Crippen LogP contribution in [-0.2, 0) is 14.4 Å². The molecule has 0 aliphatic heterocycles. The van der Waals surface area contributed by atoms with Crippen molar-refractivity contribution >= 4 is 51.8 Å². The number of anilines is 3. The van der Waals surface area contributed by atoms with E-state index in [4.69, 9.17) is 0 Å². The Kier molecular flexibility index (Phi) is 6.21. The van der Waals surface area contributed by atoms with Gasteiger partial charge in [-0.25, -0.2) is 0 Å². The molecule has 208 valence electrons. The van der Waals surface area contributed by atoms with Crippen molar-refractivity contribution in [2.24, 2.45) is 0 Å². The highest BCUT2D eigenvalue weighted by Crippen LogP contribution is 2.61. The summed E-state index contributed by atoms with van der Waals surface area (Å²) < 4.78 is 0. The SMILES string of the molecule is CC(=O)Nc1cc2c(cc1[N+](=O)[O-])[C@H]1c3cc(NC(C)=O)c([N+](=O)[O-])cc3[C@@H]2c2c1ccc([N+](=O)[O-])c2NC(C)=O. The Hall–Kier alpha value is -5.73. The molecule has 3 aliphatic rings. The molecule has 0 unspecified atom stereocenters. The summed E-state index contributed by atoms with van der Waals surface area (Å²) in [5.74, 6) is -3.54. The van der Waals surface area contributed by atoms with Crippen molar-refractivity contribution in [1.82, 2.24) is 0 Å². The lowest BCUT2D eigenvalue weighted by Crippen LogP contribution is -2.30. The van der Waals surface area contributed by atoms with Gasteiger partial charge in [0.05, 0.1) is 14.8 Å². The molecular weight excluding hydrogens is 540 g/mol. The number of carbonyl (C=O) groups excluding carboxylic acids is 3. The van der Waals surface area contributed by atoms with Crippen LogP contribution in [0.1, 0.15) is 66.0 Å². The van der Waals surface area contributed by atoms with Crippen molar-refractivity contribution < 1.29 is 29.2 Å². The number of amides is 3. The first-order valence-electron chi connectivity index (χ1n) is 12.1. The molecule has 15 nitrogen and oxygen atoms in total. The molecule has 0 radical (unpaired) electrons. The zero-order valence-electron chi connectivity index (χ0n) is 21.6. The topological polar surface area (TPSA) is 217 Å². The van der Waals surface area contributed by atoms with Crippen molar-refractivity contribution in [3.05, 3.63) is 100 Å². The molecule has 3 aromatic carbocycles. The molecule has 3 aliphatic carbocycles. The molecular formula is C26H20N6O9. The Morgan fingerprint density at radius 2 is 1.00 bits per heavy atom. The molecule has 15 heteroatoms. The van der Waals surface area contributed by atoms with Crippen LogP contribution in [-0.4, -0.2) is 32.5 Å². The van der Waals surface area contributed by atoms with E-state index in [1.54, 1.807) is 0 Å². The summed E-state index contributed by atoms with van der Waals surface area (Å²) in [4.78, 5) is 69.9. The molecule has 3 aromatic rings. The fourth-order valence-corrected chi connectivity index (χ4v) is 5.75. The first-order chi connectivity index (χ1) is 19.3. The van der Waals surface area contributed by atoms with Crippen LogP contribution < -0.4 is 16.0 Å². The smallest absolute Gasteiger partial charge is 0.293 e. The summed E-state index contributed by atoms with van der Waals surface area (Å²) in [5.41, 5.74) is 0.850. The van der Waals surface area contributed by atoms with E-state index < -0.39 is 61.4 Å². The van der Waals surface area contributed by atoms with Crippen molar-refractivity contribution in [3.8, 4) is 0 Å². The van der Waals surface area contributed by atoms with Crippen LogP contribution in [0.25, 0.3) is 0 Å². The van der Waals surface area contributed by atoms with E-state index >= 15 is 0 Å². The van der Waals surface area contributed by atoms with Crippen LogP contribution in [0, 0.1) is 30.3 Å². The van der Waals surface area contributed by atoms with E-state index in [-0.39, 0.29) is 17.1 Å². The maximum atomic E-state index is 12.2. The highest BCUT2D eigenvalue weighted by Gasteiger charge is 2.47. The fraction of sp³-hybridized carbons (Fsp3) is 0.192. The molecule has 0 saturated carbocycles. The number of nitrogens with one attached hydrogen (secondary N) is 3. The third kappa shape index (κ3) is 4.28. The lowest BCUT2D eigenvalue weighted by atomic mass is 9.60. The Morgan fingerprint density at radius 1 is 0.585 bits per heavy atom. The van der Waals surface area contributed by atoms with Crippen LogP contribution in [0.5, 0.6) is 0 Å². The van der Waals surface area contributed by atoms with E-state index in [9.17, 15) is 44.7 Å². The summed E-state index contributed by atoms with van der Waals surface area (Å²) in [7, 11) is 0. The summed E-state index contributed by atoms with van der Waals surface area (Å²) in [6, 6.07) is 8.04. The van der Waals surface area contributed by atoms with Gasteiger partial charge < -0.3 is 16.0 Å². The van der Waals surface area contributed by atoms with Gasteiger partial charge in [-0.2, -0.15) is 0 Å². The minimum absolute atomic E-state index is 0.0923. The lowest BCUT2D eigenvalue weighted by molar-refractivity contribution is -0.384. The normalized spacial score (nSPS) is 15.6. The van der Waals surface area contributed by atoms with Gasteiger partial charge in [-0.15, -0.1) is 0 Å². The molecule has 0 aromatic heterocycles. The van der Waals surface area contributed by atoms with Crippen LogP contribution in [0.3, 0.4) is 0 Å². The minimum atomic E-state index is -0.972. The fourth-order valence-electron chi connectivity index (χ4n) is 5.75. The van der Waals surface area contributed by atoms with E-state index in [2.05, 4.69) is 16.0 Å². The predicted molar refractivity (Wildman–Crippen MR) is 144 cm³/mol. The second kappa shape index (κ2) is 9.48. The summed E-state index contributed by atoms with van der Waals surface area (Å²) in [5, 5.41) is 43.4. The van der Waals surface area contributed by atoms with Crippen LogP contribution in [0.2, 0.25) is 0 Å². The average Bonchev–Trinajstić information content (AvgIpc) is 2.86. The second-order valence-corrected chi connectivity index (χ2v) is 9.64. The molecule has 3 amide bonds. The number of carbonyl (C=O) groups is 3. The molecule has 0 saturated heterocycles. The number of hydrogen-bond donors (Lipinski definition) is 3. The zero-order chi connectivity index (χ0) is 29.9. The average molecular weight is 560 g/mol. The largest absolute Gasteiger partial charge is 0.321 e. The van der Waals surface area contributed by atoms with Crippen LogP contribution in [0.4, 0.5) is 34.1 Å². The quantitative estimate of drug-likeness (QED) is 0.199. The molecule has 2 atom stereocenters. The Bertz CT molecular complexity index is 1760. The number of nitro groups is 3. The Morgan fingerprint density at radius 3 is 1.44 bits per heavy atom. The van der Waals surface area contributed by atoms with Gasteiger partial charge in [0.1, 0.15) is 17.1 Å². The number of hydrogen-bond acceptors (Lipinski definition) is 9. The minimum Gasteiger partial charge on any atom is -0.321 e. The highest BCUT2D eigenvalue weighted by molar-refractivity contribution is 5.97. The summed E-state index contributed by atoms with van der Waals surface area (Å²) in [6.45, 7) is 3.53. The number of rotatable bonds is 6. The lowest BCUT2D eigenvalue weighted by Gasteiger charge is -2.43. The molecule has 0 heterocycles. The molecule has 0 fully saturated rings. The first kappa shape index (κ1) is 26.9. The third-order valence-electron chi connectivity index (χ3n) is 7.02.